The van der Waals surface area contributed by atoms with Gasteiger partial charge in [0.1, 0.15) is 6.61 Å². The Morgan fingerprint density at radius 1 is 0.828 bits per heavy atom. The van der Waals surface area contributed by atoms with Crippen LogP contribution < -0.4 is 10.6 Å². The quantitative estimate of drug-likeness (QED) is 0.446. The average Bonchev–Trinajstić information content (AvgIpc) is 2.72. The first-order chi connectivity index (χ1) is 13.8. The topological polar surface area (TPSA) is 60.4 Å². The maximum atomic E-state index is 14.3. The lowest BCUT2D eigenvalue weighted by Crippen LogP contribution is -2.23. The summed E-state index contributed by atoms with van der Waals surface area (Å²) < 4.78 is 19.4. The van der Waals surface area contributed by atoms with Crippen LogP contribution in [0.3, 0.4) is 0 Å². The van der Waals surface area contributed by atoms with Gasteiger partial charge in [0.2, 0.25) is 12.7 Å². The zero-order chi connectivity index (χ0) is 21.0. The summed E-state index contributed by atoms with van der Waals surface area (Å²) in [6.45, 7) is 5.13. The van der Waals surface area contributed by atoms with E-state index in [-0.39, 0.29) is 18.1 Å². The maximum Gasteiger partial charge on any atom is 0.302 e. The van der Waals surface area contributed by atoms with Crippen LogP contribution in [0.4, 0.5) is 0 Å². The fourth-order valence-electron chi connectivity index (χ4n) is 3.48. The van der Waals surface area contributed by atoms with Crippen LogP contribution in [0.25, 0.3) is 0 Å². The number of hydrogen-bond donors (Lipinski definition) is 0. The van der Waals surface area contributed by atoms with Gasteiger partial charge in [-0.25, -0.2) is 0 Å². The molecule has 0 heterocycles. The predicted octanol–water partition coefficient (Wildman–Crippen LogP) is 4.52. The second kappa shape index (κ2) is 8.59. The van der Waals surface area contributed by atoms with E-state index in [2.05, 4.69) is 0 Å². The standard InChI is InChI=1S/C24H23O4P/c1-17-14-20(16-28-19(3)25)15-18(2)23(17)24(26)29(27,21-10-6-4-7-11-21)22-12-8-5-9-13-22/h4-15H,16H2,1-3H3. The number of rotatable bonds is 6. The summed E-state index contributed by atoms with van der Waals surface area (Å²) in [5.41, 5.74) is 2.28. The fraction of sp³-hybridized carbons (Fsp3) is 0.167. The van der Waals surface area contributed by atoms with Gasteiger partial charge in [-0.3, -0.25) is 9.59 Å². The summed E-state index contributed by atoms with van der Waals surface area (Å²) in [6, 6.07) is 21.4. The van der Waals surface area contributed by atoms with Crippen molar-refractivity contribution in [3.8, 4) is 0 Å². The van der Waals surface area contributed by atoms with Gasteiger partial charge in [0, 0.05) is 23.1 Å². The Morgan fingerprint density at radius 3 is 1.69 bits per heavy atom. The molecule has 0 aliphatic rings. The third kappa shape index (κ3) is 4.23. The SMILES string of the molecule is CC(=O)OCc1cc(C)c(C(=O)P(=O)(c2ccccc2)c2ccccc2)c(C)c1. The number of ether oxygens (including phenoxy) is 1. The summed E-state index contributed by atoms with van der Waals surface area (Å²) in [5.74, 6) is -0.363. The van der Waals surface area contributed by atoms with Crippen molar-refractivity contribution >= 4 is 29.2 Å². The molecule has 0 aliphatic heterocycles. The molecule has 3 rings (SSSR count). The number of esters is 1. The number of carbonyl (C=O) groups excluding carboxylic acids is 2. The molecule has 0 atom stereocenters. The number of aryl methyl sites for hydroxylation is 2. The molecular formula is C24H23O4P. The predicted molar refractivity (Wildman–Crippen MR) is 115 cm³/mol. The highest BCUT2D eigenvalue weighted by Crippen LogP contribution is 2.47. The van der Waals surface area contributed by atoms with Gasteiger partial charge in [-0.2, -0.15) is 0 Å². The van der Waals surface area contributed by atoms with Crippen molar-refractivity contribution in [2.24, 2.45) is 0 Å². The van der Waals surface area contributed by atoms with Gasteiger partial charge in [0.15, 0.2) is 0 Å². The normalized spacial score (nSPS) is 11.1. The van der Waals surface area contributed by atoms with E-state index in [1.54, 1.807) is 48.5 Å². The Morgan fingerprint density at radius 2 is 1.28 bits per heavy atom. The van der Waals surface area contributed by atoms with E-state index in [4.69, 9.17) is 4.74 Å². The molecule has 0 aliphatic carbocycles. The summed E-state index contributed by atoms with van der Waals surface area (Å²) in [4.78, 5) is 24.8. The largest absolute Gasteiger partial charge is 0.461 e. The summed E-state index contributed by atoms with van der Waals surface area (Å²) in [5, 5.41) is 1.03. The van der Waals surface area contributed by atoms with Gasteiger partial charge in [-0.05, 0) is 30.5 Å². The molecular weight excluding hydrogens is 383 g/mol. The third-order valence-electron chi connectivity index (χ3n) is 4.77. The number of benzene rings is 3. The molecule has 148 valence electrons. The smallest absolute Gasteiger partial charge is 0.302 e. The first kappa shape index (κ1) is 20.8. The Hall–Kier alpha value is -2.97. The van der Waals surface area contributed by atoms with Crippen LogP contribution in [0.1, 0.15) is 34.0 Å². The second-order valence-electron chi connectivity index (χ2n) is 6.97. The van der Waals surface area contributed by atoms with Crippen molar-refractivity contribution in [3.05, 3.63) is 95.1 Å². The molecule has 3 aromatic carbocycles. The van der Waals surface area contributed by atoms with Gasteiger partial charge in [-0.1, -0.05) is 72.8 Å². The molecule has 0 aromatic heterocycles. The second-order valence-corrected chi connectivity index (χ2v) is 9.63. The molecule has 5 heteroatoms. The third-order valence-corrected chi connectivity index (χ3v) is 7.62. The van der Waals surface area contributed by atoms with Crippen molar-refractivity contribution in [1.82, 2.24) is 0 Å². The molecule has 0 saturated carbocycles. The Labute approximate surface area is 170 Å². The van der Waals surface area contributed by atoms with Crippen molar-refractivity contribution in [2.75, 3.05) is 0 Å². The molecule has 0 radical (unpaired) electrons. The maximum absolute atomic E-state index is 14.3. The van der Waals surface area contributed by atoms with Crippen LogP contribution in [0.15, 0.2) is 72.8 Å². The van der Waals surface area contributed by atoms with Gasteiger partial charge >= 0.3 is 5.97 Å². The molecule has 0 fully saturated rings. The molecule has 0 N–H and O–H groups in total. The Kier molecular flexibility index (Phi) is 6.14. The highest BCUT2D eigenvalue weighted by atomic mass is 31.2. The van der Waals surface area contributed by atoms with Crippen LogP contribution in [-0.4, -0.2) is 11.5 Å². The minimum absolute atomic E-state index is 0.139. The zero-order valence-corrected chi connectivity index (χ0v) is 17.6. The molecule has 29 heavy (non-hydrogen) atoms. The van der Waals surface area contributed by atoms with Crippen molar-refractivity contribution in [1.29, 1.82) is 0 Å². The van der Waals surface area contributed by atoms with Crippen molar-refractivity contribution in [2.45, 2.75) is 27.4 Å². The fourth-order valence-corrected chi connectivity index (χ4v) is 6.09. The minimum atomic E-state index is -3.56. The lowest BCUT2D eigenvalue weighted by molar-refractivity contribution is -0.142. The minimum Gasteiger partial charge on any atom is -0.461 e. The zero-order valence-electron chi connectivity index (χ0n) is 16.7. The van der Waals surface area contributed by atoms with E-state index in [9.17, 15) is 14.2 Å². The van der Waals surface area contributed by atoms with E-state index in [1.807, 2.05) is 38.1 Å². The lowest BCUT2D eigenvalue weighted by Gasteiger charge is -2.21. The van der Waals surface area contributed by atoms with Crippen molar-refractivity contribution in [3.63, 3.8) is 0 Å². The van der Waals surface area contributed by atoms with Gasteiger partial charge in [-0.15, -0.1) is 0 Å². The summed E-state index contributed by atoms with van der Waals surface area (Å²) in [6.07, 6.45) is 0. The van der Waals surface area contributed by atoms with Gasteiger partial charge in [0.25, 0.3) is 0 Å². The van der Waals surface area contributed by atoms with Gasteiger partial charge < -0.3 is 9.30 Å². The molecule has 4 nitrogen and oxygen atoms in total. The highest BCUT2D eigenvalue weighted by molar-refractivity contribution is 7.93. The average molecular weight is 406 g/mol. The van der Waals surface area contributed by atoms with Gasteiger partial charge in [0.05, 0.1) is 0 Å². The summed E-state index contributed by atoms with van der Waals surface area (Å²) in [7, 11) is -3.56. The number of carbonyl (C=O) groups is 2. The molecule has 0 unspecified atom stereocenters. The Balaban J connectivity index is 2.13. The van der Waals surface area contributed by atoms with Crippen LogP contribution in [0.5, 0.6) is 0 Å². The van der Waals surface area contributed by atoms with E-state index in [0.717, 1.165) is 5.56 Å². The highest BCUT2D eigenvalue weighted by Gasteiger charge is 2.37. The summed E-state index contributed by atoms with van der Waals surface area (Å²) >= 11 is 0. The lowest BCUT2D eigenvalue weighted by atomic mass is 10.0. The van der Waals surface area contributed by atoms with Crippen molar-refractivity contribution < 1.29 is 18.9 Å². The molecule has 0 spiro atoms. The molecule has 0 bridgehead atoms. The van der Waals surface area contributed by atoms with Crippen LogP contribution in [0.2, 0.25) is 0 Å². The van der Waals surface area contributed by atoms with E-state index in [1.165, 1.54) is 6.92 Å². The van der Waals surface area contributed by atoms with Crippen LogP contribution in [0, 0.1) is 13.8 Å². The van der Waals surface area contributed by atoms with E-state index >= 15 is 0 Å². The number of hydrogen-bond acceptors (Lipinski definition) is 4. The monoisotopic (exact) mass is 406 g/mol. The Bertz CT molecular complexity index is 1020. The first-order valence-corrected chi connectivity index (χ1v) is 11.0. The first-order valence-electron chi connectivity index (χ1n) is 9.33. The van der Waals surface area contributed by atoms with E-state index < -0.39 is 7.14 Å². The molecule has 0 saturated heterocycles. The van der Waals surface area contributed by atoms with E-state index in [0.29, 0.717) is 27.3 Å². The molecule has 0 amide bonds. The van der Waals surface area contributed by atoms with Crippen LogP contribution >= 0.6 is 7.14 Å². The molecule has 3 aromatic rings. The van der Waals surface area contributed by atoms with Crippen LogP contribution in [-0.2, 0) is 20.7 Å².